The largest absolute Gasteiger partial charge is 0.445 e. The van der Waals surface area contributed by atoms with Crippen LogP contribution in [0.1, 0.15) is 73.8 Å². The van der Waals surface area contributed by atoms with Crippen LogP contribution >= 0.6 is 11.6 Å². The molecule has 4 atom stereocenters. The Bertz CT molecular complexity index is 3120. The highest BCUT2D eigenvalue weighted by Gasteiger charge is 2.29. The second-order valence-corrected chi connectivity index (χ2v) is 20.0. The average molecular weight is 1030 g/mol. The molecule has 9 rings (SSSR count). The number of carbonyl (C=O) groups excluding carboxylic acids is 2. The van der Waals surface area contributed by atoms with Gasteiger partial charge in [-0.05, 0) is 105 Å². The molecule has 20 heteroatoms. The van der Waals surface area contributed by atoms with Crippen LogP contribution in [0, 0.1) is 36.1 Å². The number of fused-ring (bicyclic) bond motifs is 1. The van der Waals surface area contributed by atoms with Gasteiger partial charge in [0, 0.05) is 41.3 Å². The number of halogens is 5. The van der Waals surface area contributed by atoms with Gasteiger partial charge in [0.25, 0.3) is 10.0 Å². The van der Waals surface area contributed by atoms with E-state index in [4.69, 9.17) is 21.1 Å². The zero-order chi connectivity index (χ0) is 50.8. The molecule has 0 aliphatic heterocycles. The molecule has 3 heterocycles. The van der Waals surface area contributed by atoms with Crippen LogP contribution in [0.15, 0.2) is 121 Å². The number of anilines is 1. The SMILES string of the molecule is Cc1ccc(S(=O)(=O)n2cc(-c3ncc(F)c(N[C@@H]4CCC[C@H](NC(=O)OCc5ccccc5)C4)n3)c3cc(F)cc(F)c32)cc1.O=C(N[C@@H]1CCC[C@H](Cc2nc(Cl)ncc2F)C1)OCc1ccccc1. The Morgan fingerprint density at radius 2 is 1.32 bits per heavy atom. The summed E-state index contributed by atoms with van der Waals surface area (Å²) >= 11 is 5.75. The molecule has 2 aliphatic rings. The van der Waals surface area contributed by atoms with Gasteiger partial charge in [-0.1, -0.05) is 84.8 Å². The van der Waals surface area contributed by atoms with Crippen LogP contribution in [0.25, 0.3) is 22.3 Å². The van der Waals surface area contributed by atoms with Crippen molar-refractivity contribution in [2.45, 2.75) is 101 Å². The molecule has 7 aromatic rings. The number of aromatic nitrogens is 5. The Morgan fingerprint density at radius 1 is 0.722 bits per heavy atom. The summed E-state index contributed by atoms with van der Waals surface area (Å²) in [5, 5.41) is 8.80. The van der Waals surface area contributed by atoms with Crippen molar-refractivity contribution in [2.75, 3.05) is 5.32 Å². The van der Waals surface area contributed by atoms with Crippen molar-refractivity contribution in [3.63, 3.8) is 0 Å². The minimum atomic E-state index is -4.32. The van der Waals surface area contributed by atoms with Gasteiger partial charge >= 0.3 is 12.2 Å². The Morgan fingerprint density at radius 3 is 1.97 bits per heavy atom. The minimum Gasteiger partial charge on any atom is -0.445 e. The van der Waals surface area contributed by atoms with E-state index >= 15 is 8.78 Å². The number of aryl methyl sites for hydroxylation is 1. The van der Waals surface area contributed by atoms with Crippen molar-refractivity contribution in [3.05, 3.63) is 167 Å². The Balaban J connectivity index is 0.000000226. The third-order valence-corrected chi connectivity index (χ3v) is 14.3. The van der Waals surface area contributed by atoms with E-state index in [-0.39, 0.29) is 75.5 Å². The normalized spacial score (nSPS) is 17.8. The number of rotatable bonds is 13. The smallest absolute Gasteiger partial charge is 0.407 e. The van der Waals surface area contributed by atoms with Crippen LogP contribution in [-0.2, 0) is 39.1 Å². The second-order valence-electron chi connectivity index (χ2n) is 17.8. The van der Waals surface area contributed by atoms with Crippen LogP contribution in [0.5, 0.6) is 0 Å². The maximum Gasteiger partial charge on any atom is 0.407 e. The molecule has 2 saturated carbocycles. The quantitative estimate of drug-likeness (QED) is 0.0739. The van der Waals surface area contributed by atoms with Crippen LogP contribution in [0.2, 0.25) is 5.28 Å². The molecule has 0 bridgehead atoms. The molecule has 0 spiro atoms. The summed E-state index contributed by atoms with van der Waals surface area (Å²) in [6.45, 7) is 2.17. The van der Waals surface area contributed by atoms with Crippen LogP contribution < -0.4 is 16.0 Å². The standard InChI is InChI=1S/C33H30F3N5O4S.C19H21ClFN3O2/c1-20-10-12-25(13-11-20)46(43,44)41-18-27(26-14-22(34)15-28(35)30(26)41)31-37-17-29(36)32(40-31)38-23-8-5-9-24(16-23)39-33(42)45-19-21-6-3-2-4-7-21;20-18-22-11-16(21)17(24-18)10-14-7-4-8-15(9-14)23-19(25)26-12-13-5-2-1-3-6-13/h2-4,6-7,10-15,17-18,23-24H,5,8-9,16,19H2,1H3,(H,39,42)(H,37,38,40);1-3,5-6,11,14-15H,4,7-10,12H2,(H,23,25)/t23-,24+;14-,15+/m10/s1. The summed E-state index contributed by atoms with van der Waals surface area (Å²) in [6.07, 6.45) is 8.82. The van der Waals surface area contributed by atoms with Gasteiger partial charge in [-0.3, -0.25) is 0 Å². The van der Waals surface area contributed by atoms with Gasteiger partial charge in [-0.15, -0.1) is 0 Å². The summed E-state index contributed by atoms with van der Waals surface area (Å²) in [7, 11) is -4.32. The molecule has 4 aromatic carbocycles. The first kappa shape index (κ1) is 51.2. The van der Waals surface area contributed by atoms with Crippen molar-refractivity contribution in [3.8, 4) is 11.4 Å². The highest BCUT2D eigenvalue weighted by Crippen LogP contribution is 2.35. The van der Waals surface area contributed by atoms with E-state index in [2.05, 4.69) is 35.9 Å². The van der Waals surface area contributed by atoms with Crippen molar-refractivity contribution in [1.29, 1.82) is 0 Å². The molecule has 2 amide bonds. The zero-order valence-electron chi connectivity index (χ0n) is 39.0. The fourth-order valence-corrected chi connectivity index (χ4v) is 10.5. The number of hydrogen-bond acceptors (Lipinski definition) is 11. The predicted molar refractivity (Wildman–Crippen MR) is 262 cm³/mol. The van der Waals surface area contributed by atoms with Crippen LogP contribution in [0.4, 0.5) is 33.0 Å². The van der Waals surface area contributed by atoms with Crippen molar-refractivity contribution in [2.24, 2.45) is 5.92 Å². The first-order valence-corrected chi connectivity index (χ1v) is 25.2. The molecule has 2 fully saturated rings. The molecule has 2 aliphatic carbocycles. The lowest BCUT2D eigenvalue weighted by Gasteiger charge is -2.30. The Hall–Kier alpha value is -7.12. The van der Waals surface area contributed by atoms with E-state index < -0.39 is 45.5 Å². The maximum atomic E-state index is 15.2. The van der Waals surface area contributed by atoms with Gasteiger partial charge in [0.2, 0.25) is 5.28 Å². The van der Waals surface area contributed by atoms with Crippen molar-refractivity contribution < 1.29 is 45.0 Å². The molecule has 0 radical (unpaired) electrons. The molecule has 14 nitrogen and oxygen atoms in total. The molecule has 3 aromatic heterocycles. The van der Waals surface area contributed by atoms with Crippen LogP contribution in [0.3, 0.4) is 0 Å². The zero-order valence-corrected chi connectivity index (χ0v) is 40.6. The summed E-state index contributed by atoms with van der Waals surface area (Å²) in [6, 6.07) is 25.9. The van der Waals surface area contributed by atoms with Crippen molar-refractivity contribution >= 4 is 50.5 Å². The molecule has 0 saturated heterocycles. The first-order valence-electron chi connectivity index (χ1n) is 23.4. The van der Waals surface area contributed by atoms with Gasteiger partial charge in [0.1, 0.15) is 24.5 Å². The molecule has 72 heavy (non-hydrogen) atoms. The molecular weight excluding hydrogens is 976 g/mol. The summed E-state index contributed by atoms with van der Waals surface area (Å²) < 4.78 is 97.0. The Kier molecular flexibility index (Phi) is 16.7. The van der Waals surface area contributed by atoms with E-state index in [1.54, 1.807) is 19.1 Å². The molecular formula is C52H51ClF4N8O6S. The second kappa shape index (κ2) is 23.4. The predicted octanol–water partition coefficient (Wildman–Crippen LogP) is 11.0. The summed E-state index contributed by atoms with van der Waals surface area (Å²) in [4.78, 5) is 40.3. The lowest BCUT2D eigenvalue weighted by molar-refractivity contribution is 0.130. The lowest BCUT2D eigenvalue weighted by atomic mass is 9.83. The highest BCUT2D eigenvalue weighted by atomic mass is 35.5. The summed E-state index contributed by atoms with van der Waals surface area (Å²) in [5.74, 6) is -3.29. The van der Waals surface area contributed by atoms with E-state index in [9.17, 15) is 26.8 Å². The monoisotopic (exact) mass is 1030 g/mol. The number of nitrogens with one attached hydrogen (secondary N) is 3. The number of amides is 2. The number of carbonyl (C=O) groups is 2. The van der Waals surface area contributed by atoms with Gasteiger partial charge < -0.3 is 25.4 Å². The van der Waals surface area contributed by atoms with E-state index in [0.29, 0.717) is 37.4 Å². The van der Waals surface area contributed by atoms with E-state index in [0.717, 1.165) is 77.4 Å². The van der Waals surface area contributed by atoms with Crippen molar-refractivity contribution in [1.82, 2.24) is 34.5 Å². The van der Waals surface area contributed by atoms with Crippen LogP contribution in [-0.4, -0.2) is 62.6 Å². The maximum absolute atomic E-state index is 15.2. The number of ether oxygens (including phenoxy) is 2. The van der Waals surface area contributed by atoms with Gasteiger partial charge in [-0.2, -0.15) is 0 Å². The lowest BCUT2D eigenvalue weighted by Crippen LogP contribution is -2.42. The fourth-order valence-electron chi connectivity index (χ4n) is 8.95. The van der Waals surface area contributed by atoms with E-state index in [1.165, 1.54) is 12.1 Å². The number of nitrogens with zero attached hydrogens (tertiary/aromatic N) is 5. The van der Waals surface area contributed by atoms with E-state index in [1.807, 2.05) is 60.7 Å². The first-order chi connectivity index (χ1) is 34.7. The van der Waals surface area contributed by atoms with Gasteiger partial charge in [-0.25, -0.2) is 59.5 Å². The van der Waals surface area contributed by atoms with Gasteiger partial charge in [0.15, 0.2) is 29.1 Å². The number of benzene rings is 4. The third-order valence-electron chi connectivity index (χ3n) is 12.5. The summed E-state index contributed by atoms with van der Waals surface area (Å²) in [5.41, 5.74) is 2.57. The molecule has 0 unspecified atom stereocenters. The molecule has 376 valence electrons. The third kappa shape index (κ3) is 13.2. The Labute approximate surface area is 418 Å². The van der Waals surface area contributed by atoms with Gasteiger partial charge in [0.05, 0.1) is 23.0 Å². The average Bonchev–Trinajstić information content (AvgIpc) is 3.76. The topological polar surface area (TPSA) is 179 Å². The number of hydrogen-bond donors (Lipinski definition) is 3. The minimum absolute atomic E-state index is 0.00325. The molecule has 3 N–H and O–H groups in total. The highest BCUT2D eigenvalue weighted by molar-refractivity contribution is 7.90. The number of alkyl carbamates (subject to hydrolysis) is 2. The fraction of sp³-hybridized carbons (Fsp3) is 0.308.